The van der Waals surface area contributed by atoms with Crippen molar-refractivity contribution in [2.45, 2.75) is 13.5 Å². The van der Waals surface area contributed by atoms with Gasteiger partial charge in [-0.3, -0.25) is 4.79 Å². The molecule has 0 spiro atoms. The summed E-state index contributed by atoms with van der Waals surface area (Å²) in [6.07, 6.45) is 0. The first-order valence-electron chi connectivity index (χ1n) is 6.15. The third-order valence-electron chi connectivity index (χ3n) is 2.61. The number of hydrogen-bond acceptors (Lipinski definition) is 7. The zero-order chi connectivity index (χ0) is 15.4. The smallest absolute Gasteiger partial charge is 0.327 e. The predicted molar refractivity (Wildman–Crippen MR) is 73.0 cm³/mol. The normalized spacial score (nSPS) is 10.4. The van der Waals surface area contributed by atoms with Crippen LogP contribution in [-0.2, 0) is 11.3 Å². The maximum absolute atomic E-state index is 10.6. The van der Waals surface area contributed by atoms with E-state index in [2.05, 4.69) is 15.4 Å². The van der Waals surface area contributed by atoms with Gasteiger partial charge in [0.15, 0.2) is 18.0 Å². The summed E-state index contributed by atoms with van der Waals surface area (Å²) in [4.78, 5) is 11.6. The first kappa shape index (κ1) is 14.6. The Kier molecular flexibility index (Phi) is 4.21. The Hall–Kier alpha value is -2.84. The van der Waals surface area contributed by atoms with E-state index in [0.29, 0.717) is 29.4 Å². The number of aromatic nitrogens is 4. The quantitative estimate of drug-likeness (QED) is 0.734. The maximum atomic E-state index is 10.6. The van der Waals surface area contributed by atoms with Crippen LogP contribution in [0.3, 0.4) is 0 Å². The van der Waals surface area contributed by atoms with Crippen LogP contribution in [0.4, 0.5) is 5.69 Å². The third-order valence-corrected chi connectivity index (χ3v) is 2.61. The van der Waals surface area contributed by atoms with Crippen molar-refractivity contribution in [1.29, 1.82) is 0 Å². The molecule has 3 N–H and O–H groups in total. The molecule has 0 fully saturated rings. The standard InChI is InChI=1S/C12H15N5O4/c1-3-21-10-4-7(8(13)5-9(10)20-2)12-14-16-17(15-12)6-11(18)19/h4-5H,3,6,13H2,1-2H3,(H,18,19). The van der Waals surface area contributed by atoms with E-state index in [4.69, 9.17) is 20.3 Å². The lowest BCUT2D eigenvalue weighted by Gasteiger charge is -2.11. The minimum atomic E-state index is -1.06. The minimum Gasteiger partial charge on any atom is -0.493 e. The molecule has 0 saturated carbocycles. The molecule has 112 valence electrons. The second kappa shape index (κ2) is 6.07. The number of carboxylic acids is 1. The van der Waals surface area contributed by atoms with Crippen molar-refractivity contribution in [3.05, 3.63) is 12.1 Å². The topological polar surface area (TPSA) is 125 Å². The fourth-order valence-electron chi connectivity index (χ4n) is 1.74. The number of methoxy groups -OCH3 is 1. The Bertz CT molecular complexity index is 655. The number of benzene rings is 1. The largest absolute Gasteiger partial charge is 0.493 e. The van der Waals surface area contributed by atoms with E-state index >= 15 is 0 Å². The highest BCUT2D eigenvalue weighted by atomic mass is 16.5. The predicted octanol–water partition coefficient (Wildman–Crippen LogP) is 0.414. The van der Waals surface area contributed by atoms with Crippen molar-refractivity contribution < 1.29 is 19.4 Å². The molecule has 0 unspecified atom stereocenters. The zero-order valence-corrected chi connectivity index (χ0v) is 11.6. The molecule has 21 heavy (non-hydrogen) atoms. The van der Waals surface area contributed by atoms with Crippen LogP contribution in [0, 0.1) is 0 Å². The molecular formula is C12H15N5O4. The summed E-state index contributed by atoms with van der Waals surface area (Å²) in [5.41, 5.74) is 6.81. The monoisotopic (exact) mass is 293 g/mol. The summed E-state index contributed by atoms with van der Waals surface area (Å²) in [6.45, 7) is 1.93. The molecule has 9 heteroatoms. The summed E-state index contributed by atoms with van der Waals surface area (Å²) >= 11 is 0. The van der Waals surface area contributed by atoms with Gasteiger partial charge in [0.1, 0.15) is 0 Å². The molecule has 1 aromatic carbocycles. The van der Waals surface area contributed by atoms with Crippen molar-refractivity contribution in [1.82, 2.24) is 20.2 Å². The molecule has 1 heterocycles. The van der Waals surface area contributed by atoms with Crippen LogP contribution in [0.5, 0.6) is 11.5 Å². The van der Waals surface area contributed by atoms with Crippen molar-refractivity contribution in [2.75, 3.05) is 19.5 Å². The number of tetrazole rings is 1. The molecule has 0 aliphatic heterocycles. The lowest BCUT2D eigenvalue weighted by Crippen LogP contribution is -2.11. The highest BCUT2D eigenvalue weighted by molar-refractivity contribution is 5.75. The molecule has 0 saturated heterocycles. The molecular weight excluding hydrogens is 278 g/mol. The van der Waals surface area contributed by atoms with Crippen LogP contribution in [0.25, 0.3) is 11.4 Å². The summed E-state index contributed by atoms with van der Waals surface area (Å²) in [5.74, 6) is 0.156. The zero-order valence-electron chi connectivity index (χ0n) is 11.6. The number of carbonyl (C=O) groups is 1. The summed E-state index contributed by atoms with van der Waals surface area (Å²) in [7, 11) is 1.51. The Morgan fingerprint density at radius 2 is 2.19 bits per heavy atom. The van der Waals surface area contributed by atoms with Crippen LogP contribution in [0.2, 0.25) is 0 Å². The van der Waals surface area contributed by atoms with Crippen LogP contribution in [-0.4, -0.2) is 45.0 Å². The number of nitrogen functional groups attached to an aromatic ring is 1. The lowest BCUT2D eigenvalue weighted by molar-refractivity contribution is -0.138. The minimum absolute atomic E-state index is 0.220. The third kappa shape index (κ3) is 3.19. The van der Waals surface area contributed by atoms with Gasteiger partial charge in [0.05, 0.1) is 13.7 Å². The second-order valence-corrected chi connectivity index (χ2v) is 4.06. The highest BCUT2D eigenvalue weighted by Gasteiger charge is 2.15. The van der Waals surface area contributed by atoms with E-state index in [9.17, 15) is 4.79 Å². The number of anilines is 1. The lowest BCUT2D eigenvalue weighted by atomic mass is 10.1. The van der Waals surface area contributed by atoms with E-state index in [1.165, 1.54) is 7.11 Å². The fraction of sp³-hybridized carbons (Fsp3) is 0.333. The van der Waals surface area contributed by atoms with Gasteiger partial charge in [-0.15, -0.1) is 10.2 Å². The number of aliphatic carboxylic acids is 1. The molecule has 0 atom stereocenters. The molecule has 0 bridgehead atoms. The van der Waals surface area contributed by atoms with Crippen LogP contribution in [0.15, 0.2) is 12.1 Å². The second-order valence-electron chi connectivity index (χ2n) is 4.06. The van der Waals surface area contributed by atoms with Gasteiger partial charge in [-0.2, -0.15) is 4.80 Å². The first-order valence-corrected chi connectivity index (χ1v) is 6.15. The van der Waals surface area contributed by atoms with Gasteiger partial charge in [0.25, 0.3) is 0 Å². The average Bonchev–Trinajstić information content (AvgIpc) is 2.88. The molecule has 9 nitrogen and oxygen atoms in total. The van der Waals surface area contributed by atoms with E-state index in [-0.39, 0.29) is 12.4 Å². The van der Waals surface area contributed by atoms with Crippen molar-refractivity contribution in [3.8, 4) is 22.9 Å². The molecule has 1 aromatic heterocycles. The molecule has 2 rings (SSSR count). The number of rotatable bonds is 6. The summed E-state index contributed by atoms with van der Waals surface area (Å²) in [6, 6.07) is 3.23. The van der Waals surface area contributed by atoms with Crippen LogP contribution in [0.1, 0.15) is 6.92 Å². The SMILES string of the molecule is CCOc1cc(-c2nnn(CC(=O)O)n2)c(N)cc1OC. The number of ether oxygens (including phenoxy) is 2. The Balaban J connectivity index is 2.40. The summed E-state index contributed by atoms with van der Waals surface area (Å²) in [5, 5.41) is 20.1. The van der Waals surface area contributed by atoms with Gasteiger partial charge in [-0.25, -0.2) is 0 Å². The number of nitrogens with zero attached hydrogens (tertiary/aromatic N) is 4. The molecule has 0 radical (unpaired) electrons. The van der Waals surface area contributed by atoms with Crippen molar-refractivity contribution in [2.24, 2.45) is 0 Å². The van der Waals surface area contributed by atoms with E-state index in [1.807, 2.05) is 6.92 Å². The molecule has 0 aliphatic carbocycles. The number of carboxylic acid groups (broad SMARTS) is 1. The van der Waals surface area contributed by atoms with Crippen molar-refractivity contribution in [3.63, 3.8) is 0 Å². The van der Waals surface area contributed by atoms with Crippen LogP contribution >= 0.6 is 0 Å². The maximum Gasteiger partial charge on any atom is 0.327 e. The van der Waals surface area contributed by atoms with E-state index < -0.39 is 5.97 Å². The molecule has 2 aromatic rings. The first-order chi connectivity index (χ1) is 10.0. The van der Waals surface area contributed by atoms with E-state index in [1.54, 1.807) is 12.1 Å². The highest BCUT2D eigenvalue weighted by Crippen LogP contribution is 2.35. The van der Waals surface area contributed by atoms with Gasteiger partial charge in [0, 0.05) is 17.3 Å². The van der Waals surface area contributed by atoms with E-state index in [0.717, 1.165) is 4.80 Å². The Morgan fingerprint density at radius 3 is 2.81 bits per heavy atom. The van der Waals surface area contributed by atoms with Gasteiger partial charge >= 0.3 is 5.97 Å². The van der Waals surface area contributed by atoms with Crippen LogP contribution < -0.4 is 15.2 Å². The average molecular weight is 293 g/mol. The van der Waals surface area contributed by atoms with Gasteiger partial charge < -0.3 is 20.3 Å². The summed E-state index contributed by atoms with van der Waals surface area (Å²) < 4.78 is 10.6. The Morgan fingerprint density at radius 1 is 1.43 bits per heavy atom. The van der Waals surface area contributed by atoms with Gasteiger partial charge in [-0.05, 0) is 18.2 Å². The van der Waals surface area contributed by atoms with Crippen molar-refractivity contribution >= 4 is 11.7 Å². The molecule has 0 amide bonds. The van der Waals surface area contributed by atoms with Gasteiger partial charge in [0.2, 0.25) is 5.82 Å². The fourth-order valence-corrected chi connectivity index (χ4v) is 1.74. The Labute approximate surface area is 120 Å². The number of hydrogen-bond donors (Lipinski definition) is 2. The number of nitrogens with two attached hydrogens (primary N) is 1. The van der Waals surface area contributed by atoms with Gasteiger partial charge in [-0.1, -0.05) is 0 Å². The molecule has 0 aliphatic rings.